The minimum atomic E-state index is -0.395. The van der Waals surface area contributed by atoms with Gasteiger partial charge in [-0.3, -0.25) is 0 Å². The maximum Gasteiger partial charge on any atom is 0.0926 e. The fraction of sp³-hybridized carbons (Fsp3) is 1.00. The van der Waals surface area contributed by atoms with Gasteiger partial charge in [-0.25, -0.2) is 0 Å². The van der Waals surface area contributed by atoms with Crippen LogP contribution in [0, 0.1) is 11.8 Å². The summed E-state index contributed by atoms with van der Waals surface area (Å²) in [7, 11) is 1.70. The molecule has 0 spiro atoms. The molecule has 5 nitrogen and oxygen atoms in total. The summed E-state index contributed by atoms with van der Waals surface area (Å²) in [4.78, 5) is 5.81. The Morgan fingerprint density at radius 2 is 1.58 bits per heavy atom. The van der Waals surface area contributed by atoms with E-state index in [1.165, 1.54) is 0 Å². The van der Waals surface area contributed by atoms with Gasteiger partial charge in [-0.15, -0.1) is 0 Å². The molecule has 1 saturated heterocycles. The van der Waals surface area contributed by atoms with E-state index in [9.17, 15) is 10.2 Å². The Kier molecular flexibility index (Phi) is 8.25. The third-order valence-corrected chi connectivity index (χ3v) is 8.28. The van der Waals surface area contributed by atoms with Crippen LogP contribution in [0.5, 0.6) is 0 Å². The molecule has 2 saturated carbocycles. The highest BCUT2D eigenvalue weighted by molar-refractivity contribution is 9.09. The first kappa shape index (κ1) is 21.5. The molecule has 0 radical (unpaired) electrons. The molecular formula is C19H34Br2N2O3. The van der Waals surface area contributed by atoms with Gasteiger partial charge in [0.15, 0.2) is 0 Å². The first-order valence-corrected chi connectivity index (χ1v) is 11.9. The third-order valence-electron chi connectivity index (χ3n) is 6.53. The number of methoxy groups -OCH3 is 1. The number of halogens is 2. The average Bonchev–Trinajstić information content (AvgIpc) is 2.62. The lowest BCUT2D eigenvalue weighted by molar-refractivity contribution is -0.0508. The van der Waals surface area contributed by atoms with Gasteiger partial charge in [0.05, 0.1) is 18.3 Å². The summed E-state index contributed by atoms with van der Waals surface area (Å²) in [5.41, 5.74) is 0. The van der Waals surface area contributed by atoms with Gasteiger partial charge in [0, 0.05) is 56.0 Å². The number of aliphatic hydroxyl groups is 2. The lowest BCUT2D eigenvalue weighted by Gasteiger charge is -2.42. The van der Waals surface area contributed by atoms with Crippen LogP contribution in [0.2, 0.25) is 0 Å². The second-order valence-electron chi connectivity index (χ2n) is 8.46. The van der Waals surface area contributed by atoms with E-state index in [4.69, 9.17) is 4.74 Å². The summed E-state index contributed by atoms with van der Waals surface area (Å²) < 4.78 is 5.48. The zero-order chi connectivity index (χ0) is 18.7. The minimum Gasteiger partial charge on any atom is -0.393 e. The number of rotatable bonds is 5. The molecule has 7 heteroatoms. The van der Waals surface area contributed by atoms with Gasteiger partial charge >= 0.3 is 0 Å². The molecule has 3 rings (SSSR count). The molecule has 7 atom stereocenters. The lowest BCUT2D eigenvalue weighted by Crippen LogP contribution is -2.52. The van der Waals surface area contributed by atoms with Crippen molar-refractivity contribution in [3.05, 3.63) is 0 Å². The summed E-state index contributed by atoms with van der Waals surface area (Å²) in [6.07, 6.45) is 4.51. The van der Waals surface area contributed by atoms with E-state index in [1.807, 2.05) is 0 Å². The smallest absolute Gasteiger partial charge is 0.0926 e. The van der Waals surface area contributed by atoms with Crippen molar-refractivity contribution in [1.82, 2.24) is 9.80 Å². The van der Waals surface area contributed by atoms with E-state index in [0.717, 1.165) is 71.4 Å². The largest absolute Gasteiger partial charge is 0.393 e. The first-order chi connectivity index (χ1) is 12.5. The Balaban J connectivity index is 1.41. The van der Waals surface area contributed by atoms with Gasteiger partial charge in [0.1, 0.15) is 0 Å². The van der Waals surface area contributed by atoms with Gasteiger partial charge in [-0.2, -0.15) is 0 Å². The van der Waals surface area contributed by atoms with Gasteiger partial charge in [-0.1, -0.05) is 31.9 Å². The summed E-state index contributed by atoms with van der Waals surface area (Å²) in [6.45, 7) is 6.52. The van der Waals surface area contributed by atoms with Crippen LogP contribution in [0.4, 0.5) is 0 Å². The average molecular weight is 498 g/mol. The molecule has 7 unspecified atom stereocenters. The van der Waals surface area contributed by atoms with E-state index in [2.05, 4.69) is 41.7 Å². The maximum absolute atomic E-state index is 10.3. The van der Waals surface area contributed by atoms with Crippen molar-refractivity contribution >= 4 is 31.9 Å². The molecule has 0 amide bonds. The Morgan fingerprint density at radius 3 is 2.23 bits per heavy atom. The monoisotopic (exact) mass is 496 g/mol. The molecule has 1 heterocycles. The zero-order valence-electron chi connectivity index (χ0n) is 15.8. The Hall–Kier alpha value is 0.760. The fourth-order valence-corrected chi connectivity index (χ4v) is 6.49. The summed E-state index contributed by atoms with van der Waals surface area (Å²) >= 11 is 7.37. The van der Waals surface area contributed by atoms with Crippen LogP contribution in [0.15, 0.2) is 0 Å². The van der Waals surface area contributed by atoms with Crippen molar-refractivity contribution in [2.24, 2.45) is 11.8 Å². The maximum atomic E-state index is 10.3. The highest BCUT2D eigenvalue weighted by atomic mass is 79.9. The molecule has 2 N–H and O–H groups in total. The van der Waals surface area contributed by atoms with Crippen molar-refractivity contribution < 1.29 is 14.9 Å². The molecule has 3 aliphatic rings. The number of hydrogen-bond acceptors (Lipinski definition) is 5. The van der Waals surface area contributed by atoms with Gasteiger partial charge < -0.3 is 24.7 Å². The first-order valence-electron chi connectivity index (χ1n) is 10.1. The Morgan fingerprint density at radius 1 is 0.923 bits per heavy atom. The van der Waals surface area contributed by atoms with Crippen LogP contribution >= 0.6 is 31.9 Å². The molecule has 0 aromatic heterocycles. The number of nitrogens with zero attached hydrogens (tertiary/aromatic N) is 2. The van der Waals surface area contributed by atoms with E-state index in [-0.39, 0.29) is 17.0 Å². The number of hydrogen-bond donors (Lipinski definition) is 2. The summed E-state index contributed by atoms with van der Waals surface area (Å²) in [5.74, 6) is 0.990. The van der Waals surface area contributed by atoms with Crippen molar-refractivity contribution in [3.8, 4) is 0 Å². The minimum absolute atomic E-state index is 0.0515. The molecule has 2 aliphatic carbocycles. The molecule has 0 aromatic carbocycles. The van der Waals surface area contributed by atoms with Crippen LogP contribution in [0.1, 0.15) is 32.1 Å². The number of piperazine rings is 1. The fourth-order valence-electron chi connectivity index (χ4n) is 4.88. The molecule has 3 fully saturated rings. The van der Waals surface area contributed by atoms with Gasteiger partial charge in [0.2, 0.25) is 0 Å². The number of aliphatic hydroxyl groups excluding tert-OH is 2. The Labute approximate surface area is 174 Å². The molecule has 0 bridgehead atoms. The predicted molar refractivity (Wildman–Crippen MR) is 111 cm³/mol. The summed E-state index contributed by atoms with van der Waals surface area (Å²) in [6, 6.07) is 0. The van der Waals surface area contributed by atoms with Crippen molar-refractivity contribution in [2.75, 3.05) is 46.4 Å². The van der Waals surface area contributed by atoms with Crippen LogP contribution < -0.4 is 0 Å². The molecule has 152 valence electrons. The van der Waals surface area contributed by atoms with E-state index < -0.39 is 6.10 Å². The van der Waals surface area contributed by atoms with Crippen LogP contribution in [-0.2, 0) is 4.74 Å². The highest BCUT2D eigenvalue weighted by Crippen LogP contribution is 2.33. The standard InChI is InChI=1S/C19H34Br2N2O3/c1-26-18-9-13(8-16(21)19(18)25)11-22-4-6-23(7-5-22)12-14-10-15(20)2-3-17(14)24/h13-19,24-25H,2-12H2,1H3. The zero-order valence-corrected chi connectivity index (χ0v) is 18.9. The van der Waals surface area contributed by atoms with Crippen LogP contribution in [0.3, 0.4) is 0 Å². The van der Waals surface area contributed by atoms with E-state index in [1.54, 1.807) is 7.11 Å². The topological polar surface area (TPSA) is 56.2 Å². The van der Waals surface area contributed by atoms with Gasteiger partial charge in [-0.05, 0) is 43.9 Å². The van der Waals surface area contributed by atoms with Crippen molar-refractivity contribution in [2.45, 2.75) is 60.1 Å². The molecular weight excluding hydrogens is 464 g/mol. The second kappa shape index (κ2) is 9.99. The second-order valence-corrected chi connectivity index (χ2v) is 10.9. The Bertz CT molecular complexity index is 437. The third kappa shape index (κ3) is 5.65. The predicted octanol–water partition coefficient (Wildman–Crippen LogP) is 2.08. The van der Waals surface area contributed by atoms with E-state index >= 15 is 0 Å². The number of alkyl halides is 2. The van der Waals surface area contributed by atoms with Crippen LogP contribution in [0.25, 0.3) is 0 Å². The molecule has 26 heavy (non-hydrogen) atoms. The highest BCUT2D eigenvalue weighted by Gasteiger charge is 2.37. The lowest BCUT2D eigenvalue weighted by atomic mass is 9.84. The quantitative estimate of drug-likeness (QED) is 0.569. The van der Waals surface area contributed by atoms with Crippen molar-refractivity contribution in [1.29, 1.82) is 0 Å². The normalized spacial score (nSPS) is 43.5. The van der Waals surface area contributed by atoms with Crippen LogP contribution in [-0.4, -0.2) is 94.4 Å². The van der Waals surface area contributed by atoms with E-state index in [0.29, 0.717) is 16.7 Å². The van der Waals surface area contributed by atoms with Crippen molar-refractivity contribution in [3.63, 3.8) is 0 Å². The molecule has 0 aromatic rings. The van der Waals surface area contributed by atoms with Gasteiger partial charge in [0.25, 0.3) is 0 Å². The number of ether oxygens (including phenoxy) is 1. The summed E-state index contributed by atoms with van der Waals surface area (Å²) in [5, 5.41) is 20.5. The SMILES string of the molecule is COC1CC(CN2CCN(CC3CC(Br)CCC3O)CC2)CC(Br)C1O. The molecule has 1 aliphatic heterocycles.